The van der Waals surface area contributed by atoms with Crippen LogP contribution in [0.5, 0.6) is 0 Å². The number of aromatic nitrogens is 2. The normalized spacial score (nSPS) is 12.6. The summed E-state index contributed by atoms with van der Waals surface area (Å²) in [5, 5.41) is 3.49. The predicted molar refractivity (Wildman–Crippen MR) is 82.7 cm³/mol. The number of nitrogens with one attached hydrogen (secondary N) is 1. The maximum atomic E-state index is 4.37. The van der Waals surface area contributed by atoms with Gasteiger partial charge in [-0.2, -0.15) is 0 Å². The zero-order valence-electron chi connectivity index (χ0n) is 12.5. The summed E-state index contributed by atoms with van der Waals surface area (Å²) in [6, 6.07) is 11.1. The highest BCUT2D eigenvalue weighted by Crippen LogP contribution is 2.19. The molecule has 0 aliphatic carbocycles. The summed E-state index contributed by atoms with van der Waals surface area (Å²) in [7, 11) is 0. The first-order chi connectivity index (χ1) is 9.70. The van der Waals surface area contributed by atoms with Crippen molar-refractivity contribution < 1.29 is 0 Å². The summed E-state index contributed by atoms with van der Waals surface area (Å²) in [5.41, 5.74) is 3.77. The third-order valence-corrected chi connectivity index (χ3v) is 3.50. The summed E-state index contributed by atoms with van der Waals surface area (Å²) in [6.45, 7) is 7.49. The maximum Gasteiger partial charge on any atom is 0.115 e. The summed E-state index contributed by atoms with van der Waals surface area (Å²) in [6.07, 6.45) is 4.36. The molecule has 1 unspecified atom stereocenters. The van der Waals surface area contributed by atoms with Crippen molar-refractivity contribution in [1.82, 2.24) is 15.3 Å². The Kier molecular flexibility index (Phi) is 5.24. The van der Waals surface area contributed by atoms with Crippen molar-refractivity contribution in [2.24, 2.45) is 0 Å². The molecule has 0 aliphatic rings. The number of benzene rings is 1. The topological polar surface area (TPSA) is 37.8 Å². The van der Waals surface area contributed by atoms with E-state index in [2.05, 4.69) is 60.3 Å². The Morgan fingerprint density at radius 1 is 1.10 bits per heavy atom. The highest BCUT2D eigenvalue weighted by atomic mass is 14.9. The fraction of sp³-hybridized carbons (Fsp3) is 0.412. The summed E-state index contributed by atoms with van der Waals surface area (Å²) < 4.78 is 0. The molecular weight excluding hydrogens is 246 g/mol. The smallest absolute Gasteiger partial charge is 0.115 e. The van der Waals surface area contributed by atoms with Crippen LogP contribution in [-0.4, -0.2) is 16.5 Å². The van der Waals surface area contributed by atoms with E-state index in [1.807, 2.05) is 6.07 Å². The lowest BCUT2D eigenvalue weighted by Crippen LogP contribution is -2.23. The SMILES string of the molecule is CCNC(Cc1ccc(C(C)C)cc1)c1ccncn1. The second kappa shape index (κ2) is 7.15. The predicted octanol–water partition coefficient (Wildman–Crippen LogP) is 3.49. The van der Waals surface area contributed by atoms with Gasteiger partial charge < -0.3 is 5.32 Å². The molecule has 1 heterocycles. The molecule has 0 fully saturated rings. The molecule has 20 heavy (non-hydrogen) atoms. The van der Waals surface area contributed by atoms with Crippen LogP contribution in [0.15, 0.2) is 42.9 Å². The van der Waals surface area contributed by atoms with Gasteiger partial charge in [-0.3, -0.25) is 0 Å². The largest absolute Gasteiger partial charge is 0.309 e. The van der Waals surface area contributed by atoms with E-state index in [0.717, 1.165) is 18.7 Å². The van der Waals surface area contributed by atoms with Gasteiger partial charge in [0.1, 0.15) is 6.33 Å². The zero-order valence-corrected chi connectivity index (χ0v) is 12.5. The molecule has 0 bridgehead atoms. The molecule has 1 N–H and O–H groups in total. The minimum absolute atomic E-state index is 0.243. The number of hydrogen-bond acceptors (Lipinski definition) is 3. The second-order valence-electron chi connectivity index (χ2n) is 5.34. The van der Waals surface area contributed by atoms with Crippen LogP contribution in [0.4, 0.5) is 0 Å². The molecule has 0 amide bonds. The molecule has 0 saturated carbocycles. The van der Waals surface area contributed by atoms with Crippen molar-refractivity contribution in [3.05, 3.63) is 59.7 Å². The zero-order chi connectivity index (χ0) is 14.4. The number of rotatable bonds is 6. The first-order valence-electron chi connectivity index (χ1n) is 7.28. The van der Waals surface area contributed by atoms with Crippen molar-refractivity contribution in [2.45, 2.75) is 39.2 Å². The van der Waals surface area contributed by atoms with Gasteiger partial charge in [-0.05, 0) is 36.1 Å². The van der Waals surface area contributed by atoms with E-state index < -0.39 is 0 Å². The number of hydrogen-bond donors (Lipinski definition) is 1. The average Bonchev–Trinajstić information content (AvgIpc) is 2.48. The molecule has 1 atom stereocenters. The van der Waals surface area contributed by atoms with Crippen LogP contribution in [0.2, 0.25) is 0 Å². The van der Waals surface area contributed by atoms with Crippen LogP contribution < -0.4 is 5.32 Å². The summed E-state index contributed by atoms with van der Waals surface area (Å²) >= 11 is 0. The van der Waals surface area contributed by atoms with Gasteiger partial charge in [0, 0.05) is 6.20 Å². The van der Waals surface area contributed by atoms with Gasteiger partial charge >= 0.3 is 0 Å². The van der Waals surface area contributed by atoms with E-state index in [4.69, 9.17) is 0 Å². The van der Waals surface area contributed by atoms with Gasteiger partial charge in [0.2, 0.25) is 0 Å². The summed E-state index contributed by atoms with van der Waals surface area (Å²) in [4.78, 5) is 8.35. The fourth-order valence-electron chi connectivity index (χ4n) is 2.31. The Bertz CT molecular complexity index is 506. The number of nitrogens with zero attached hydrogens (tertiary/aromatic N) is 2. The molecule has 2 aromatic rings. The number of likely N-dealkylation sites (N-methyl/N-ethyl adjacent to an activating group) is 1. The van der Waals surface area contributed by atoms with Gasteiger partial charge in [0.05, 0.1) is 11.7 Å². The monoisotopic (exact) mass is 269 g/mol. The molecule has 0 aliphatic heterocycles. The quantitative estimate of drug-likeness (QED) is 0.872. The van der Waals surface area contributed by atoms with Crippen molar-refractivity contribution >= 4 is 0 Å². The second-order valence-corrected chi connectivity index (χ2v) is 5.34. The van der Waals surface area contributed by atoms with Crippen molar-refractivity contribution in [1.29, 1.82) is 0 Å². The first-order valence-corrected chi connectivity index (χ1v) is 7.28. The Morgan fingerprint density at radius 3 is 2.40 bits per heavy atom. The van der Waals surface area contributed by atoms with Gasteiger partial charge in [-0.1, -0.05) is 45.0 Å². The highest BCUT2D eigenvalue weighted by Gasteiger charge is 2.12. The molecular formula is C17H23N3. The minimum atomic E-state index is 0.243. The third-order valence-electron chi connectivity index (χ3n) is 3.50. The van der Waals surface area contributed by atoms with Crippen LogP contribution in [0.1, 0.15) is 49.6 Å². The van der Waals surface area contributed by atoms with Crippen molar-refractivity contribution in [3.8, 4) is 0 Å². The lowest BCUT2D eigenvalue weighted by molar-refractivity contribution is 0.535. The van der Waals surface area contributed by atoms with Crippen LogP contribution in [0, 0.1) is 0 Å². The van der Waals surface area contributed by atoms with Gasteiger partial charge in [-0.15, -0.1) is 0 Å². The van der Waals surface area contributed by atoms with Gasteiger partial charge in [-0.25, -0.2) is 9.97 Å². The fourth-order valence-corrected chi connectivity index (χ4v) is 2.31. The van der Waals surface area contributed by atoms with E-state index >= 15 is 0 Å². The third kappa shape index (κ3) is 3.87. The molecule has 0 radical (unpaired) electrons. The van der Waals surface area contributed by atoms with E-state index in [9.17, 15) is 0 Å². The van der Waals surface area contributed by atoms with Crippen molar-refractivity contribution in [2.75, 3.05) is 6.54 Å². The summed E-state index contributed by atoms with van der Waals surface area (Å²) in [5.74, 6) is 0.579. The van der Waals surface area contributed by atoms with Gasteiger partial charge in [0.25, 0.3) is 0 Å². The van der Waals surface area contributed by atoms with E-state index in [-0.39, 0.29) is 6.04 Å². The molecule has 1 aromatic heterocycles. The van der Waals surface area contributed by atoms with Crippen LogP contribution in [0.25, 0.3) is 0 Å². The highest BCUT2D eigenvalue weighted by molar-refractivity contribution is 5.26. The molecule has 2 rings (SSSR count). The standard InChI is InChI=1S/C17H23N3/c1-4-19-17(16-9-10-18-12-20-16)11-14-5-7-15(8-6-14)13(2)3/h5-10,12-13,17,19H,4,11H2,1-3H3. The van der Waals surface area contributed by atoms with E-state index in [1.54, 1.807) is 12.5 Å². The Morgan fingerprint density at radius 2 is 1.85 bits per heavy atom. The molecule has 3 heteroatoms. The van der Waals surface area contributed by atoms with Crippen molar-refractivity contribution in [3.63, 3.8) is 0 Å². The average molecular weight is 269 g/mol. The Labute approximate surface area is 121 Å². The minimum Gasteiger partial charge on any atom is -0.309 e. The Hall–Kier alpha value is -1.74. The molecule has 0 spiro atoms. The molecule has 3 nitrogen and oxygen atoms in total. The van der Waals surface area contributed by atoms with Crippen LogP contribution in [0.3, 0.4) is 0 Å². The van der Waals surface area contributed by atoms with E-state index in [0.29, 0.717) is 5.92 Å². The molecule has 106 valence electrons. The van der Waals surface area contributed by atoms with Crippen LogP contribution in [-0.2, 0) is 6.42 Å². The molecule has 1 aromatic carbocycles. The molecule has 0 saturated heterocycles. The maximum absolute atomic E-state index is 4.37. The van der Waals surface area contributed by atoms with E-state index in [1.165, 1.54) is 11.1 Å². The lowest BCUT2D eigenvalue weighted by Gasteiger charge is -2.17. The van der Waals surface area contributed by atoms with Crippen LogP contribution >= 0.6 is 0 Å². The Balaban J connectivity index is 2.12. The van der Waals surface area contributed by atoms with Gasteiger partial charge in [0.15, 0.2) is 0 Å². The first kappa shape index (κ1) is 14.7. The lowest BCUT2D eigenvalue weighted by atomic mass is 9.98.